The van der Waals surface area contributed by atoms with Gasteiger partial charge in [-0.1, -0.05) is 12.1 Å². The molecule has 8 nitrogen and oxygen atoms in total. The zero-order valence-electron chi connectivity index (χ0n) is 13.7. The molecule has 0 radical (unpaired) electrons. The first-order valence-corrected chi connectivity index (χ1v) is 8.30. The molecule has 0 saturated carbocycles. The SMILES string of the molecule is O=C(CCn1cnc2ccccc2c1=O)N1CC[C@@H](n2nccn2)C1. The first-order chi connectivity index (χ1) is 12.2. The third kappa shape index (κ3) is 3.02. The quantitative estimate of drug-likeness (QED) is 0.704. The van der Waals surface area contributed by atoms with Crippen LogP contribution in [0.2, 0.25) is 0 Å². The first-order valence-electron chi connectivity index (χ1n) is 8.30. The van der Waals surface area contributed by atoms with E-state index in [0.29, 0.717) is 30.5 Å². The number of hydrogen-bond acceptors (Lipinski definition) is 5. The Morgan fingerprint density at radius 3 is 2.84 bits per heavy atom. The van der Waals surface area contributed by atoms with Gasteiger partial charge in [0.15, 0.2) is 0 Å². The van der Waals surface area contributed by atoms with E-state index in [4.69, 9.17) is 0 Å². The maximum absolute atomic E-state index is 12.4. The number of carbonyl (C=O) groups excluding carboxylic acids is 1. The highest BCUT2D eigenvalue weighted by Gasteiger charge is 2.28. The van der Waals surface area contributed by atoms with Crippen molar-refractivity contribution in [3.05, 3.63) is 53.3 Å². The topological polar surface area (TPSA) is 85.9 Å². The van der Waals surface area contributed by atoms with Gasteiger partial charge in [0.05, 0.1) is 35.7 Å². The molecule has 2 aromatic heterocycles. The monoisotopic (exact) mass is 338 g/mol. The molecule has 4 rings (SSSR count). The summed E-state index contributed by atoms with van der Waals surface area (Å²) in [4.78, 5) is 32.6. The second-order valence-electron chi connectivity index (χ2n) is 6.14. The average Bonchev–Trinajstić information content (AvgIpc) is 3.32. The van der Waals surface area contributed by atoms with Crippen LogP contribution in [0.4, 0.5) is 0 Å². The van der Waals surface area contributed by atoms with Crippen LogP contribution >= 0.6 is 0 Å². The van der Waals surface area contributed by atoms with E-state index >= 15 is 0 Å². The van der Waals surface area contributed by atoms with Gasteiger partial charge >= 0.3 is 0 Å². The third-order valence-electron chi connectivity index (χ3n) is 4.58. The molecular formula is C17H18N6O2. The van der Waals surface area contributed by atoms with Crippen molar-refractivity contribution in [2.75, 3.05) is 13.1 Å². The molecule has 1 amide bonds. The first kappa shape index (κ1) is 15.5. The van der Waals surface area contributed by atoms with Crippen LogP contribution in [0.15, 0.2) is 47.8 Å². The number of hydrogen-bond donors (Lipinski definition) is 0. The van der Waals surface area contributed by atoms with Crippen molar-refractivity contribution in [2.24, 2.45) is 0 Å². The molecule has 1 saturated heterocycles. The Morgan fingerprint density at radius 1 is 1.20 bits per heavy atom. The Balaban J connectivity index is 1.41. The largest absolute Gasteiger partial charge is 0.340 e. The van der Waals surface area contributed by atoms with Crippen molar-refractivity contribution in [3.8, 4) is 0 Å². The number of aryl methyl sites for hydroxylation is 1. The second-order valence-corrected chi connectivity index (χ2v) is 6.14. The molecule has 1 aliphatic heterocycles. The number of amides is 1. The van der Waals surface area contributed by atoms with Crippen molar-refractivity contribution in [2.45, 2.75) is 25.4 Å². The van der Waals surface area contributed by atoms with Crippen LogP contribution in [0.1, 0.15) is 18.9 Å². The Hall–Kier alpha value is -3.03. The number of carbonyl (C=O) groups is 1. The number of nitrogens with zero attached hydrogens (tertiary/aromatic N) is 6. The number of aromatic nitrogens is 5. The summed E-state index contributed by atoms with van der Waals surface area (Å²) in [5.74, 6) is 0.0368. The summed E-state index contributed by atoms with van der Waals surface area (Å²) < 4.78 is 1.50. The van der Waals surface area contributed by atoms with Gasteiger partial charge in [0, 0.05) is 26.1 Å². The molecule has 25 heavy (non-hydrogen) atoms. The summed E-state index contributed by atoms with van der Waals surface area (Å²) in [6.07, 6.45) is 5.92. The summed E-state index contributed by atoms with van der Waals surface area (Å²) in [5, 5.41) is 8.85. The minimum absolute atomic E-state index is 0.0368. The molecule has 1 aromatic carbocycles. The standard InChI is InChI=1S/C17H18N6O2/c24-16(21-9-5-13(11-21)23-19-7-8-20-23)6-10-22-12-18-15-4-2-1-3-14(15)17(22)25/h1-4,7-8,12-13H,5-6,9-11H2/t13-/m1/s1. The van der Waals surface area contributed by atoms with Crippen LogP contribution in [-0.4, -0.2) is 48.4 Å². The van der Waals surface area contributed by atoms with E-state index in [-0.39, 0.29) is 23.9 Å². The van der Waals surface area contributed by atoms with E-state index in [1.807, 2.05) is 17.0 Å². The highest BCUT2D eigenvalue weighted by atomic mass is 16.2. The summed E-state index contributed by atoms with van der Waals surface area (Å²) in [5.41, 5.74) is 0.558. The molecule has 3 heterocycles. The molecule has 3 aromatic rings. The molecule has 1 fully saturated rings. The minimum atomic E-state index is -0.113. The molecule has 128 valence electrons. The third-order valence-corrected chi connectivity index (χ3v) is 4.58. The Morgan fingerprint density at radius 2 is 2.00 bits per heavy atom. The molecule has 0 N–H and O–H groups in total. The lowest BCUT2D eigenvalue weighted by Gasteiger charge is -2.16. The van der Waals surface area contributed by atoms with E-state index in [2.05, 4.69) is 15.2 Å². The van der Waals surface area contributed by atoms with Gasteiger partial charge in [0.2, 0.25) is 5.91 Å². The lowest BCUT2D eigenvalue weighted by Crippen LogP contribution is -2.31. The Kier molecular flexibility index (Phi) is 4.01. The van der Waals surface area contributed by atoms with E-state index in [9.17, 15) is 9.59 Å². The van der Waals surface area contributed by atoms with E-state index < -0.39 is 0 Å². The lowest BCUT2D eigenvalue weighted by atomic mass is 10.2. The summed E-state index contributed by atoms with van der Waals surface area (Å²) in [6, 6.07) is 7.35. The van der Waals surface area contributed by atoms with Crippen LogP contribution in [0.5, 0.6) is 0 Å². The van der Waals surface area contributed by atoms with Gasteiger partial charge in [-0.05, 0) is 18.6 Å². The average molecular weight is 338 g/mol. The summed E-state index contributed by atoms with van der Waals surface area (Å²) in [7, 11) is 0. The van der Waals surface area contributed by atoms with Crippen molar-refractivity contribution in [3.63, 3.8) is 0 Å². The number of benzene rings is 1. The van der Waals surface area contributed by atoms with Crippen LogP contribution in [-0.2, 0) is 11.3 Å². The van der Waals surface area contributed by atoms with Crippen molar-refractivity contribution in [1.82, 2.24) is 29.4 Å². The van der Waals surface area contributed by atoms with Crippen molar-refractivity contribution in [1.29, 1.82) is 0 Å². The van der Waals surface area contributed by atoms with Gasteiger partial charge < -0.3 is 4.90 Å². The van der Waals surface area contributed by atoms with Crippen LogP contribution in [0, 0.1) is 0 Å². The lowest BCUT2D eigenvalue weighted by molar-refractivity contribution is -0.130. The number of rotatable bonds is 4. The number of fused-ring (bicyclic) bond motifs is 1. The van der Waals surface area contributed by atoms with Crippen molar-refractivity contribution >= 4 is 16.8 Å². The minimum Gasteiger partial charge on any atom is -0.340 e. The van der Waals surface area contributed by atoms with Crippen LogP contribution < -0.4 is 5.56 Å². The number of para-hydroxylation sites is 1. The fourth-order valence-electron chi connectivity index (χ4n) is 3.21. The van der Waals surface area contributed by atoms with Gasteiger partial charge in [-0.2, -0.15) is 15.0 Å². The smallest absolute Gasteiger partial charge is 0.261 e. The van der Waals surface area contributed by atoms with Gasteiger partial charge in [-0.15, -0.1) is 0 Å². The Labute approximate surface area is 143 Å². The zero-order chi connectivity index (χ0) is 17.2. The number of likely N-dealkylation sites (tertiary alicyclic amines) is 1. The summed E-state index contributed by atoms with van der Waals surface area (Å²) in [6.45, 7) is 1.63. The fraction of sp³-hybridized carbons (Fsp3) is 0.353. The predicted molar refractivity (Wildman–Crippen MR) is 90.9 cm³/mol. The van der Waals surface area contributed by atoms with Gasteiger partial charge in [-0.25, -0.2) is 4.98 Å². The normalized spacial score (nSPS) is 17.3. The molecular weight excluding hydrogens is 320 g/mol. The predicted octanol–water partition coefficient (Wildman–Crippen LogP) is 0.852. The zero-order valence-corrected chi connectivity index (χ0v) is 13.7. The van der Waals surface area contributed by atoms with Crippen LogP contribution in [0.25, 0.3) is 10.9 Å². The van der Waals surface area contributed by atoms with Gasteiger partial charge in [-0.3, -0.25) is 14.2 Å². The van der Waals surface area contributed by atoms with E-state index in [1.54, 1.807) is 29.3 Å². The van der Waals surface area contributed by atoms with Crippen LogP contribution in [0.3, 0.4) is 0 Å². The fourth-order valence-corrected chi connectivity index (χ4v) is 3.21. The second kappa shape index (κ2) is 6.46. The molecule has 1 atom stereocenters. The Bertz CT molecular complexity index is 949. The highest BCUT2D eigenvalue weighted by Crippen LogP contribution is 2.20. The van der Waals surface area contributed by atoms with Crippen molar-refractivity contribution < 1.29 is 4.79 Å². The molecule has 0 spiro atoms. The highest BCUT2D eigenvalue weighted by molar-refractivity contribution is 5.77. The molecule has 0 unspecified atom stereocenters. The van der Waals surface area contributed by atoms with E-state index in [1.165, 1.54) is 10.9 Å². The molecule has 8 heteroatoms. The van der Waals surface area contributed by atoms with Gasteiger partial charge in [0.1, 0.15) is 0 Å². The molecule has 0 bridgehead atoms. The maximum atomic E-state index is 12.4. The maximum Gasteiger partial charge on any atom is 0.261 e. The summed E-state index contributed by atoms with van der Waals surface area (Å²) >= 11 is 0. The van der Waals surface area contributed by atoms with Gasteiger partial charge in [0.25, 0.3) is 5.56 Å². The van der Waals surface area contributed by atoms with E-state index in [0.717, 1.165) is 6.42 Å². The molecule has 0 aliphatic carbocycles. The molecule has 1 aliphatic rings.